The fourth-order valence-electron chi connectivity index (χ4n) is 3.28. The first kappa shape index (κ1) is 20.7. The van der Waals surface area contributed by atoms with Crippen LogP contribution in [0.2, 0.25) is 5.02 Å². The maximum absolute atomic E-state index is 6.23. The SMILES string of the molecule is Nc1c(-c2nc(-c3ccc(OCc4ccccc4)cc3)no2)nnn1Cc1cccc(Cl)c1. The summed E-state index contributed by atoms with van der Waals surface area (Å²) in [5, 5.41) is 12.9. The van der Waals surface area contributed by atoms with Gasteiger partial charge in [0.15, 0.2) is 11.5 Å². The number of rotatable bonds is 7. The molecule has 0 bridgehead atoms. The molecular weight excluding hydrogens is 440 g/mol. The molecule has 0 aliphatic carbocycles. The van der Waals surface area contributed by atoms with Crippen LogP contribution in [0, 0.1) is 0 Å². The largest absolute Gasteiger partial charge is 0.489 e. The van der Waals surface area contributed by atoms with Crippen LogP contribution in [0.15, 0.2) is 83.4 Å². The lowest BCUT2D eigenvalue weighted by atomic mass is 10.2. The van der Waals surface area contributed by atoms with Gasteiger partial charge in [-0.25, -0.2) is 4.68 Å². The second kappa shape index (κ2) is 9.13. The van der Waals surface area contributed by atoms with Gasteiger partial charge < -0.3 is 15.0 Å². The first-order valence-electron chi connectivity index (χ1n) is 10.2. The fraction of sp³-hybridized carbons (Fsp3) is 0.0833. The molecule has 0 spiro atoms. The number of halogens is 1. The van der Waals surface area contributed by atoms with Crippen LogP contribution in [0.5, 0.6) is 5.75 Å². The maximum atomic E-state index is 6.23. The number of nitrogens with zero attached hydrogens (tertiary/aromatic N) is 5. The Morgan fingerprint density at radius 2 is 1.73 bits per heavy atom. The quantitative estimate of drug-likeness (QED) is 0.371. The van der Waals surface area contributed by atoms with Crippen molar-refractivity contribution in [2.24, 2.45) is 0 Å². The van der Waals surface area contributed by atoms with Crippen LogP contribution in [0.25, 0.3) is 23.0 Å². The molecule has 0 radical (unpaired) electrons. The van der Waals surface area contributed by atoms with Crippen molar-refractivity contribution < 1.29 is 9.26 Å². The smallest absolute Gasteiger partial charge is 0.282 e. The number of nitrogen functional groups attached to an aromatic ring is 1. The van der Waals surface area contributed by atoms with Gasteiger partial charge in [0.25, 0.3) is 5.89 Å². The molecule has 5 rings (SSSR count). The van der Waals surface area contributed by atoms with Crippen molar-refractivity contribution in [1.29, 1.82) is 0 Å². The normalized spacial score (nSPS) is 10.9. The molecule has 0 atom stereocenters. The van der Waals surface area contributed by atoms with E-state index in [1.165, 1.54) is 0 Å². The van der Waals surface area contributed by atoms with Gasteiger partial charge in [-0.15, -0.1) is 5.10 Å². The van der Waals surface area contributed by atoms with E-state index in [1.54, 1.807) is 4.68 Å². The molecule has 0 unspecified atom stereocenters. The summed E-state index contributed by atoms with van der Waals surface area (Å²) in [6.07, 6.45) is 0. The minimum atomic E-state index is 0.198. The lowest BCUT2D eigenvalue weighted by Gasteiger charge is -2.06. The molecule has 0 aliphatic rings. The van der Waals surface area contributed by atoms with Crippen molar-refractivity contribution in [2.45, 2.75) is 13.2 Å². The fourth-order valence-corrected chi connectivity index (χ4v) is 3.49. The van der Waals surface area contributed by atoms with Gasteiger partial charge in [0.1, 0.15) is 12.4 Å². The van der Waals surface area contributed by atoms with Crippen LogP contribution < -0.4 is 10.5 Å². The second-order valence-electron chi connectivity index (χ2n) is 7.33. The van der Waals surface area contributed by atoms with Gasteiger partial charge in [-0.1, -0.05) is 64.4 Å². The van der Waals surface area contributed by atoms with E-state index in [4.69, 9.17) is 26.6 Å². The summed E-state index contributed by atoms with van der Waals surface area (Å²) in [4.78, 5) is 4.43. The zero-order chi connectivity index (χ0) is 22.6. The predicted molar refractivity (Wildman–Crippen MR) is 124 cm³/mol. The molecule has 9 heteroatoms. The van der Waals surface area contributed by atoms with Crippen LogP contribution >= 0.6 is 11.6 Å². The Morgan fingerprint density at radius 3 is 2.52 bits per heavy atom. The van der Waals surface area contributed by atoms with E-state index in [0.29, 0.717) is 35.5 Å². The monoisotopic (exact) mass is 458 g/mol. The number of aromatic nitrogens is 5. The molecule has 33 heavy (non-hydrogen) atoms. The highest BCUT2D eigenvalue weighted by Gasteiger charge is 2.19. The molecule has 3 aromatic carbocycles. The topological polar surface area (TPSA) is 105 Å². The van der Waals surface area contributed by atoms with Gasteiger partial charge in [-0.3, -0.25) is 0 Å². The van der Waals surface area contributed by atoms with E-state index in [-0.39, 0.29) is 5.89 Å². The molecule has 0 amide bonds. The third-order valence-corrected chi connectivity index (χ3v) is 5.22. The highest BCUT2D eigenvalue weighted by molar-refractivity contribution is 6.30. The zero-order valence-corrected chi connectivity index (χ0v) is 18.2. The molecule has 0 aliphatic heterocycles. The third kappa shape index (κ3) is 4.70. The molecule has 2 aromatic heterocycles. The van der Waals surface area contributed by atoms with Gasteiger partial charge in [0, 0.05) is 10.6 Å². The Morgan fingerprint density at radius 1 is 0.939 bits per heavy atom. The van der Waals surface area contributed by atoms with Gasteiger partial charge in [0.05, 0.1) is 6.54 Å². The van der Waals surface area contributed by atoms with Crippen LogP contribution in [0.1, 0.15) is 11.1 Å². The van der Waals surface area contributed by atoms with E-state index in [2.05, 4.69) is 20.5 Å². The van der Waals surface area contributed by atoms with Crippen molar-refractivity contribution in [1.82, 2.24) is 25.1 Å². The minimum absolute atomic E-state index is 0.198. The summed E-state index contributed by atoms with van der Waals surface area (Å²) in [5.74, 6) is 1.70. The summed E-state index contributed by atoms with van der Waals surface area (Å²) < 4.78 is 12.8. The average Bonchev–Trinajstić information content (AvgIpc) is 3.46. The van der Waals surface area contributed by atoms with Crippen molar-refractivity contribution in [3.8, 4) is 28.7 Å². The number of hydrogen-bond acceptors (Lipinski definition) is 7. The summed E-state index contributed by atoms with van der Waals surface area (Å²) in [7, 11) is 0. The second-order valence-corrected chi connectivity index (χ2v) is 7.77. The van der Waals surface area contributed by atoms with Crippen molar-refractivity contribution in [3.05, 3.63) is 95.0 Å². The van der Waals surface area contributed by atoms with Gasteiger partial charge in [-0.05, 0) is 47.5 Å². The molecule has 2 N–H and O–H groups in total. The third-order valence-electron chi connectivity index (χ3n) is 4.98. The van der Waals surface area contributed by atoms with Crippen molar-refractivity contribution in [2.75, 3.05) is 5.73 Å². The summed E-state index contributed by atoms with van der Waals surface area (Å²) in [5.41, 5.74) is 9.40. The Balaban J connectivity index is 1.29. The van der Waals surface area contributed by atoms with Gasteiger partial charge in [0.2, 0.25) is 5.82 Å². The van der Waals surface area contributed by atoms with E-state index >= 15 is 0 Å². The lowest BCUT2D eigenvalue weighted by Crippen LogP contribution is -2.06. The van der Waals surface area contributed by atoms with Gasteiger partial charge >= 0.3 is 0 Å². The van der Waals surface area contributed by atoms with E-state index in [9.17, 15) is 0 Å². The number of ether oxygens (including phenoxy) is 1. The van der Waals surface area contributed by atoms with E-state index in [0.717, 1.165) is 22.4 Å². The van der Waals surface area contributed by atoms with Crippen molar-refractivity contribution in [3.63, 3.8) is 0 Å². The molecule has 5 aromatic rings. The maximum Gasteiger partial charge on any atom is 0.282 e. The minimum Gasteiger partial charge on any atom is -0.489 e. The Kier molecular flexibility index (Phi) is 5.73. The zero-order valence-electron chi connectivity index (χ0n) is 17.4. The van der Waals surface area contributed by atoms with E-state index in [1.807, 2.05) is 78.9 Å². The summed E-state index contributed by atoms with van der Waals surface area (Å²) in [6, 6.07) is 24.9. The van der Waals surface area contributed by atoms with Crippen LogP contribution in [-0.2, 0) is 13.2 Å². The molecule has 0 saturated carbocycles. The molecule has 8 nitrogen and oxygen atoms in total. The first-order valence-corrected chi connectivity index (χ1v) is 10.6. The lowest BCUT2D eigenvalue weighted by molar-refractivity contribution is 0.306. The van der Waals surface area contributed by atoms with Crippen LogP contribution in [0.4, 0.5) is 5.82 Å². The molecule has 0 fully saturated rings. The highest BCUT2D eigenvalue weighted by Crippen LogP contribution is 2.26. The Hall–Kier alpha value is -4.17. The highest BCUT2D eigenvalue weighted by atomic mass is 35.5. The number of anilines is 1. The molecule has 2 heterocycles. The van der Waals surface area contributed by atoms with Crippen molar-refractivity contribution >= 4 is 17.4 Å². The van der Waals surface area contributed by atoms with Crippen LogP contribution in [0.3, 0.4) is 0 Å². The van der Waals surface area contributed by atoms with Gasteiger partial charge in [-0.2, -0.15) is 4.98 Å². The summed E-state index contributed by atoms with van der Waals surface area (Å²) >= 11 is 6.05. The number of benzene rings is 3. The first-order chi connectivity index (χ1) is 16.2. The number of hydrogen-bond donors (Lipinski definition) is 1. The Labute approximate surface area is 194 Å². The standard InChI is InChI=1S/C24H19ClN6O2/c25-19-8-4-7-17(13-19)14-31-22(26)21(28-30-31)24-27-23(29-33-24)18-9-11-20(12-10-18)32-15-16-5-2-1-3-6-16/h1-13H,14-15,26H2. The Bertz CT molecular complexity index is 1370. The van der Waals surface area contributed by atoms with Crippen LogP contribution in [-0.4, -0.2) is 25.1 Å². The van der Waals surface area contributed by atoms with E-state index < -0.39 is 0 Å². The summed E-state index contributed by atoms with van der Waals surface area (Å²) in [6.45, 7) is 0.918. The molecule has 164 valence electrons. The average molecular weight is 459 g/mol. The molecular formula is C24H19ClN6O2. The number of nitrogens with two attached hydrogens (primary N) is 1. The molecule has 0 saturated heterocycles. The predicted octanol–water partition coefficient (Wildman–Crippen LogP) is 4.86.